The van der Waals surface area contributed by atoms with Gasteiger partial charge < -0.3 is 59.7 Å². The molecule has 0 aromatic heterocycles. The number of hydrogen-bond acceptors (Lipinski definition) is 11. The van der Waals surface area contributed by atoms with Crippen molar-refractivity contribution in [1.29, 1.82) is 0 Å². The highest BCUT2D eigenvalue weighted by Crippen LogP contribution is 2.07. The summed E-state index contributed by atoms with van der Waals surface area (Å²) >= 11 is 0. The van der Waals surface area contributed by atoms with Gasteiger partial charge in [0.2, 0.25) is 29.5 Å². The second-order valence-corrected chi connectivity index (χ2v) is 9.71. The Kier molecular flexibility index (Phi) is 21.3. The van der Waals surface area contributed by atoms with Crippen molar-refractivity contribution in [3.05, 3.63) is 0 Å². The molecule has 0 bridgehead atoms. The largest absolute Gasteiger partial charge is 0.480 e. The minimum absolute atomic E-state index is 0.190. The van der Waals surface area contributed by atoms with Gasteiger partial charge in [0, 0.05) is 0 Å². The quantitative estimate of drug-likeness (QED) is 0.0465. The second-order valence-electron chi connectivity index (χ2n) is 9.71. The zero-order chi connectivity index (χ0) is 31.9. The molecule has 4 unspecified atom stereocenters. The van der Waals surface area contributed by atoms with Gasteiger partial charge in [0.25, 0.3) is 0 Å². The molecule has 0 aromatic rings. The number of hydrogen-bond donors (Lipinski definition) is 11. The van der Waals surface area contributed by atoms with E-state index >= 15 is 0 Å². The molecule has 0 aliphatic carbocycles. The minimum atomic E-state index is -1.44. The van der Waals surface area contributed by atoms with Crippen molar-refractivity contribution in [1.82, 2.24) is 26.6 Å². The lowest BCUT2D eigenvalue weighted by Gasteiger charge is -2.24. The molecule has 0 rings (SSSR count). The fraction of sp³-hybridized carbons (Fsp3) is 0.760. The molecular formula is C25H49N9O8. The van der Waals surface area contributed by atoms with E-state index in [1.54, 1.807) is 0 Å². The van der Waals surface area contributed by atoms with Crippen LogP contribution in [0.1, 0.15) is 57.8 Å². The normalized spacial score (nSPS) is 13.6. The van der Waals surface area contributed by atoms with E-state index in [2.05, 4.69) is 21.3 Å². The van der Waals surface area contributed by atoms with Crippen molar-refractivity contribution in [2.45, 2.75) is 82.0 Å². The fourth-order valence-electron chi connectivity index (χ4n) is 3.73. The first-order valence-corrected chi connectivity index (χ1v) is 14.1. The molecule has 0 saturated heterocycles. The highest BCUT2D eigenvalue weighted by atomic mass is 16.4. The topological polar surface area (TPSA) is 307 Å². The lowest BCUT2D eigenvalue weighted by atomic mass is 10.0. The standard InChI is InChI=1S/C25H49N9O8/c26-10-4-1-7-16(29)22(39)33-18(9-3-6-12-28)25(42)34-17(8-2-5-11-27)23(40)30-13-20(36)32-19(15-35)24(41)31-14-21(37)38/h16-19,35H,1-15,26-29H2,(H,30,40)(H,31,41)(H,32,36)(H,33,39)(H,34,42)(H,37,38). The Balaban J connectivity index is 5.34. The lowest BCUT2D eigenvalue weighted by molar-refractivity contribution is -0.138. The van der Waals surface area contributed by atoms with Gasteiger partial charge in [-0.2, -0.15) is 0 Å². The van der Waals surface area contributed by atoms with Gasteiger partial charge in [-0.1, -0.05) is 6.42 Å². The molecule has 15 N–H and O–H groups in total. The van der Waals surface area contributed by atoms with Crippen molar-refractivity contribution in [2.24, 2.45) is 22.9 Å². The summed E-state index contributed by atoms with van der Waals surface area (Å²) in [5, 5.41) is 29.9. The van der Waals surface area contributed by atoms with Crippen molar-refractivity contribution < 1.29 is 39.0 Å². The van der Waals surface area contributed by atoms with Crippen LogP contribution >= 0.6 is 0 Å². The maximum atomic E-state index is 13.2. The Hall–Kier alpha value is -3.38. The van der Waals surface area contributed by atoms with Gasteiger partial charge in [0.05, 0.1) is 19.2 Å². The number of aliphatic hydroxyl groups excluding tert-OH is 1. The van der Waals surface area contributed by atoms with Crippen molar-refractivity contribution in [2.75, 3.05) is 39.3 Å². The van der Waals surface area contributed by atoms with Crippen LogP contribution in [0.25, 0.3) is 0 Å². The molecule has 0 fully saturated rings. The molecule has 0 saturated carbocycles. The maximum Gasteiger partial charge on any atom is 0.322 e. The Morgan fingerprint density at radius 1 is 0.571 bits per heavy atom. The minimum Gasteiger partial charge on any atom is -0.480 e. The van der Waals surface area contributed by atoms with Crippen LogP contribution in [-0.4, -0.2) is 109 Å². The lowest BCUT2D eigenvalue weighted by Crippen LogP contribution is -2.56. The Morgan fingerprint density at radius 3 is 1.52 bits per heavy atom. The number of unbranched alkanes of at least 4 members (excludes halogenated alkanes) is 3. The molecule has 4 atom stereocenters. The third-order valence-electron chi connectivity index (χ3n) is 6.14. The van der Waals surface area contributed by atoms with Gasteiger partial charge in [-0.05, 0) is 71.0 Å². The van der Waals surface area contributed by atoms with E-state index < -0.39 is 79.4 Å². The molecule has 0 spiro atoms. The second kappa shape index (κ2) is 23.2. The van der Waals surface area contributed by atoms with E-state index in [4.69, 9.17) is 28.0 Å². The van der Waals surface area contributed by atoms with Gasteiger partial charge in [-0.3, -0.25) is 28.8 Å². The average molecular weight is 604 g/mol. The zero-order valence-electron chi connectivity index (χ0n) is 24.1. The maximum absolute atomic E-state index is 13.2. The Labute approximate surface area is 245 Å². The van der Waals surface area contributed by atoms with Crippen LogP contribution in [0.2, 0.25) is 0 Å². The van der Waals surface area contributed by atoms with Gasteiger partial charge in [0.1, 0.15) is 24.7 Å². The number of carboxylic acid groups (broad SMARTS) is 1. The smallest absolute Gasteiger partial charge is 0.322 e. The number of rotatable bonds is 24. The van der Waals surface area contributed by atoms with Crippen LogP contribution in [0.15, 0.2) is 0 Å². The fourth-order valence-corrected chi connectivity index (χ4v) is 3.73. The van der Waals surface area contributed by atoms with Crippen LogP contribution in [0.5, 0.6) is 0 Å². The van der Waals surface area contributed by atoms with E-state index in [-0.39, 0.29) is 12.8 Å². The number of carbonyl (C=O) groups is 6. The predicted molar refractivity (Wildman–Crippen MR) is 153 cm³/mol. The number of nitrogens with two attached hydrogens (primary N) is 4. The molecule has 0 radical (unpaired) electrons. The van der Waals surface area contributed by atoms with E-state index in [1.807, 2.05) is 5.32 Å². The first-order valence-electron chi connectivity index (χ1n) is 14.1. The van der Waals surface area contributed by atoms with Crippen molar-refractivity contribution >= 4 is 35.5 Å². The number of amides is 5. The van der Waals surface area contributed by atoms with Gasteiger partial charge in [0.15, 0.2) is 0 Å². The molecule has 17 nitrogen and oxygen atoms in total. The summed E-state index contributed by atoms with van der Waals surface area (Å²) in [6.45, 7) is -0.893. The van der Waals surface area contributed by atoms with Gasteiger partial charge >= 0.3 is 5.97 Å². The SMILES string of the molecule is NCCCCC(N)C(=O)NC(CCCCN)C(=O)NC(CCCCN)C(=O)NCC(=O)NC(CO)C(=O)NCC(=O)O. The first kappa shape index (κ1) is 38.6. The van der Waals surface area contributed by atoms with Crippen LogP contribution in [0.3, 0.4) is 0 Å². The summed E-state index contributed by atoms with van der Waals surface area (Å²) in [6.07, 6.45) is 4.40. The summed E-state index contributed by atoms with van der Waals surface area (Å²) in [6, 6.07) is -4.32. The third kappa shape index (κ3) is 17.4. The highest BCUT2D eigenvalue weighted by molar-refractivity contribution is 5.95. The molecule has 0 heterocycles. The highest BCUT2D eigenvalue weighted by Gasteiger charge is 2.28. The Morgan fingerprint density at radius 2 is 1.02 bits per heavy atom. The number of nitrogens with one attached hydrogen (secondary N) is 5. The number of aliphatic carboxylic acids is 1. The molecule has 242 valence electrons. The molecule has 17 heteroatoms. The van der Waals surface area contributed by atoms with Crippen LogP contribution in [0, 0.1) is 0 Å². The summed E-state index contributed by atoms with van der Waals surface area (Å²) in [5.41, 5.74) is 22.6. The third-order valence-corrected chi connectivity index (χ3v) is 6.14. The first-order chi connectivity index (χ1) is 20.0. The summed E-state index contributed by atoms with van der Waals surface area (Å²) in [7, 11) is 0. The van der Waals surface area contributed by atoms with Crippen LogP contribution < -0.4 is 49.5 Å². The molecule has 0 aromatic carbocycles. The Bertz CT molecular complexity index is 862. The average Bonchev–Trinajstić information content (AvgIpc) is 2.96. The summed E-state index contributed by atoms with van der Waals surface area (Å²) in [5.74, 6) is -4.89. The molecule has 0 aliphatic rings. The summed E-state index contributed by atoms with van der Waals surface area (Å²) in [4.78, 5) is 73.6. The molecule has 42 heavy (non-hydrogen) atoms. The van der Waals surface area contributed by atoms with Crippen molar-refractivity contribution in [3.63, 3.8) is 0 Å². The van der Waals surface area contributed by atoms with E-state index in [0.717, 1.165) is 0 Å². The van der Waals surface area contributed by atoms with E-state index in [0.29, 0.717) is 64.6 Å². The zero-order valence-corrected chi connectivity index (χ0v) is 24.1. The van der Waals surface area contributed by atoms with Gasteiger partial charge in [-0.15, -0.1) is 0 Å². The van der Waals surface area contributed by atoms with Gasteiger partial charge in [-0.25, -0.2) is 0 Å². The van der Waals surface area contributed by atoms with E-state index in [9.17, 15) is 33.9 Å². The molecule has 5 amide bonds. The monoisotopic (exact) mass is 603 g/mol. The van der Waals surface area contributed by atoms with Crippen LogP contribution in [0.4, 0.5) is 0 Å². The molecule has 0 aliphatic heterocycles. The van der Waals surface area contributed by atoms with Crippen molar-refractivity contribution in [3.8, 4) is 0 Å². The van der Waals surface area contributed by atoms with Crippen LogP contribution in [-0.2, 0) is 28.8 Å². The number of carbonyl (C=O) groups excluding carboxylic acids is 5. The number of carboxylic acids is 1. The summed E-state index contributed by atoms with van der Waals surface area (Å²) < 4.78 is 0. The molecular weight excluding hydrogens is 554 g/mol. The predicted octanol–water partition coefficient (Wildman–Crippen LogP) is -4.54. The van der Waals surface area contributed by atoms with E-state index in [1.165, 1.54) is 0 Å². The number of aliphatic hydroxyl groups is 1.